The van der Waals surface area contributed by atoms with Crippen molar-refractivity contribution in [3.63, 3.8) is 0 Å². The summed E-state index contributed by atoms with van der Waals surface area (Å²) in [5.74, 6) is 8.95. The number of hydrogen-bond donors (Lipinski definition) is 0. The van der Waals surface area contributed by atoms with Gasteiger partial charge in [-0.1, -0.05) is 134 Å². The van der Waals surface area contributed by atoms with Gasteiger partial charge < -0.3 is 49.0 Å². The predicted octanol–water partition coefficient (Wildman–Crippen LogP) is 24.5. The molecule has 16 aromatic rings. The van der Waals surface area contributed by atoms with Gasteiger partial charge in [0.1, 0.15) is 35.4 Å². The molecule has 0 unspecified atom stereocenters. The van der Waals surface area contributed by atoms with Crippen molar-refractivity contribution in [1.29, 1.82) is 0 Å². The van der Waals surface area contributed by atoms with Crippen molar-refractivity contribution in [1.82, 2.24) is 59.8 Å². The molecule has 21 rings (SSSR count). The van der Waals surface area contributed by atoms with Crippen molar-refractivity contribution in [2.45, 2.75) is 107 Å². The zero-order chi connectivity index (χ0) is 91.1. The summed E-state index contributed by atoms with van der Waals surface area (Å²) in [6.07, 6.45) is 16.7. The number of benzene rings is 9. The van der Waals surface area contributed by atoms with E-state index in [1.807, 2.05) is 287 Å². The van der Waals surface area contributed by atoms with Crippen LogP contribution in [0.2, 0.25) is 0 Å². The Balaban J connectivity index is 0.000000152. The van der Waals surface area contributed by atoms with Crippen molar-refractivity contribution in [3.8, 4) is 56.8 Å². The molecule has 0 saturated heterocycles. The van der Waals surface area contributed by atoms with Crippen molar-refractivity contribution < 1.29 is 101 Å². The Morgan fingerprint density at radius 3 is 1.00 bits per heavy atom. The average Bonchev–Trinajstić information content (AvgIpc) is 1.59. The molecule has 5 aliphatic rings. The molecule has 7 aromatic heterocycles. The average molecular weight is 2680 g/mol. The molecule has 0 amide bonds. The molecule has 12 heterocycles. The molecule has 0 saturated carbocycles. The topological polar surface area (TPSA) is 187 Å². The number of pyridine rings is 2. The van der Waals surface area contributed by atoms with Gasteiger partial charge in [0.25, 0.3) is 0 Å². The van der Waals surface area contributed by atoms with E-state index < -0.39 is 0 Å². The third kappa shape index (κ3) is 21.8. The minimum atomic E-state index is 0. The summed E-state index contributed by atoms with van der Waals surface area (Å²) < 4.78 is 0. The molecule has 0 bridgehead atoms. The SMILES string of the molecule is CC(C)c1cccc(C(C)C)c1-c1ncc2c(n1)N(C)[CH-]N2c1[c-]cccc1.CC(C)c1cncc(C(C)C)c1-c1ncc2c(n1)N(C)[CH-]N2c1[c-]cccc1.Cc1cccc(C)c1-c1ncnc2c1N(c1ccccc1)[CH-]N2c1[c-]cccc1.Cc1ccccc1-c1ncc2c(n1)N(C)[CH-]N2c1[c-]cccc1.Cc1cnccc1-c1ncc2c(n1)N(C)[CH-]N2c1[c-]cccc1.[Ir].[Ir].[Ir].[Ir].[Ir]. The van der Waals surface area contributed by atoms with Crippen LogP contribution in [0, 0.1) is 91.4 Å². The Bertz CT molecular complexity index is 6320. The molecule has 9 aromatic carbocycles. The molecule has 0 fully saturated rings. The van der Waals surface area contributed by atoms with Gasteiger partial charge >= 0.3 is 0 Å². The fourth-order valence-corrected chi connectivity index (χ4v) is 16.6. The fourth-order valence-electron chi connectivity index (χ4n) is 16.6. The number of aromatic nitrogens is 12. The number of nitrogens with zero attached hydrogens (tertiary/aromatic N) is 22. The summed E-state index contributed by atoms with van der Waals surface area (Å²) in [7, 11) is 8.02. The summed E-state index contributed by atoms with van der Waals surface area (Å²) in [6.45, 7) is 36.1. The zero-order valence-electron chi connectivity index (χ0n) is 78.2. The van der Waals surface area contributed by atoms with E-state index in [9.17, 15) is 0 Å². The first kappa shape index (κ1) is 103. The first-order valence-electron chi connectivity index (χ1n) is 43.9. The van der Waals surface area contributed by atoms with E-state index >= 15 is 0 Å². The van der Waals surface area contributed by atoms with Gasteiger partial charge in [-0.3, -0.25) is 9.97 Å². The molecule has 0 N–H and O–H groups in total. The van der Waals surface area contributed by atoms with E-state index in [0.717, 1.165) is 143 Å². The van der Waals surface area contributed by atoms with E-state index in [0.29, 0.717) is 29.5 Å². The Morgan fingerprint density at radius 2 is 0.618 bits per heavy atom. The molecule has 136 heavy (non-hydrogen) atoms. The summed E-state index contributed by atoms with van der Waals surface area (Å²) in [5, 5.41) is 0. The number of anilines is 16. The van der Waals surface area contributed by atoms with Crippen LogP contribution in [0.3, 0.4) is 0 Å². The molecule has 0 spiro atoms. The number of hydrogen-bond acceptors (Lipinski definition) is 22. The van der Waals surface area contributed by atoms with Crippen LogP contribution >= 0.6 is 0 Å². The normalized spacial score (nSPS) is 12.8. The fraction of sp³-hybridized carbons (Fsp3) is 0.183. The van der Waals surface area contributed by atoms with E-state index in [1.165, 1.54) is 44.5 Å². The third-order valence-electron chi connectivity index (χ3n) is 23.3. The van der Waals surface area contributed by atoms with Crippen LogP contribution in [0.25, 0.3) is 56.8 Å². The van der Waals surface area contributed by atoms with E-state index in [-0.39, 0.29) is 101 Å². The first-order chi connectivity index (χ1) is 63.7. The van der Waals surface area contributed by atoms with Crippen molar-refractivity contribution in [2.75, 3.05) is 77.2 Å². The molecular formula is C109H102Ir5N22-10. The third-order valence-corrected chi connectivity index (χ3v) is 23.3. The Labute approximate surface area is 867 Å². The van der Waals surface area contributed by atoms with Gasteiger partial charge in [-0.25, -0.2) is 49.8 Å². The van der Waals surface area contributed by atoms with Crippen LogP contribution in [-0.4, -0.2) is 88.0 Å². The number of fused-ring (bicyclic) bond motifs is 5. The second kappa shape index (κ2) is 46.2. The quantitative estimate of drug-likeness (QED) is 0.0881. The van der Waals surface area contributed by atoms with Gasteiger partial charge in [0, 0.05) is 159 Å². The van der Waals surface area contributed by atoms with Gasteiger partial charge in [-0.15, -0.1) is 35.1 Å². The van der Waals surface area contributed by atoms with Crippen molar-refractivity contribution in [2.24, 2.45) is 0 Å². The van der Waals surface area contributed by atoms with Crippen molar-refractivity contribution in [3.05, 3.63) is 382 Å². The second-order valence-electron chi connectivity index (χ2n) is 33.7. The number of para-hydroxylation sites is 6. The monoisotopic (exact) mass is 2680 g/mol. The smallest absolute Gasteiger partial charge is 0.162 e. The van der Waals surface area contributed by atoms with Gasteiger partial charge in [0.2, 0.25) is 0 Å². The maximum absolute atomic E-state index is 4.99. The predicted molar refractivity (Wildman–Crippen MR) is 529 cm³/mol. The van der Waals surface area contributed by atoms with Gasteiger partial charge in [0.15, 0.2) is 23.3 Å². The molecule has 22 nitrogen and oxygen atoms in total. The minimum Gasteiger partial charge on any atom is -0.491 e. The maximum atomic E-state index is 4.99. The molecule has 5 radical (unpaired) electrons. The standard InChI is InChI=1S/C25H20N4.C24H26N4.C23H25N5.C19H16N4.C18H15N5.5Ir/c1-18-10-9-11-19(2)22(18)23-24-25(27-16-26-23)29(21-14-7-4-8-15-21)17-28(24)20-12-5-3-6-13-20;1-16(2)19-12-9-13-20(17(3)4)22(19)23-25-14-21-24(26-23)27(5)15-28(21)18-10-7-6-8-11-18;1-15(2)18-11-24-12-19(16(3)4)21(18)22-25-13-20-23(26-22)27(5)14-28(20)17-9-7-6-8-10-17;1-14-8-6-7-11-16(14)18-20-12-17-19(21-18)22(2)13-23(17)15-9-4-3-5-10-15;1-13-10-19-9-8-15(13)17-20-11-16-18(21-17)22(2)12-23(16)14-6-4-3-5-7-14;;;;;/h3-14,16-17H,1-2H3;6-10,12-17H,1-5H3;6-9,11-16H,1-5H3;3-9,11-13H,1-2H3;3-6,8-12H,1-2H3;;;;;/q5*-2;;;;;. The molecule has 703 valence electrons. The van der Waals surface area contributed by atoms with Gasteiger partial charge in [-0.2, -0.15) is 178 Å². The summed E-state index contributed by atoms with van der Waals surface area (Å²) in [5.41, 5.74) is 26.8. The Hall–Kier alpha value is -12.1. The minimum absolute atomic E-state index is 0. The van der Waals surface area contributed by atoms with Crippen LogP contribution in [0.1, 0.15) is 124 Å². The molecule has 0 aliphatic carbocycles. The van der Waals surface area contributed by atoms with Crippen LogP contribution in [0.4, 0.5) is 91.7 Å². The summed E-state index contributed by atoms with van der Waals surface area (Å²) >= 11 is 0. The molecule has 5 aliphatic heterocycles. The first-order valence-corrected chi connectivity index (χ1v) is 43.9. The van der Waals surface area contributed by atoms with Gasteiger partial charge in [-0.05, 0) is 142 Å². The molecular weight excluding hydrogens is 2580 g/mol. The Morgan fingerprint density at radius 1 is 0.272 bits per heavy atom. The number of aryl methyl sites for hydroxylation is 4. The van der Waals surface area contributed by atoms with Crippen LogP contribution < -0.4 is 49.0 Å². The summed E-state index contributed by atoms with van der Waals surface area (Å²) in [6, 6.07) is 89.2. The van der Waals surface area contributed by atoms with Gasteiger partial charge in [0.05, 0.1) is 58.9 Å². The zero-order valence-corrected chi connectivity index (χ0v) is 90.2. The van der Waals surface area contributed by atoms with Crippen LogP contribution in [0.5, 0.6) is 0 Å². The van der Waals surface area contributed by atoms with Crippen LogP contribution in [-0.2, 0) is 101 Å². The van der Waals surface area contributed by atoms with Crippen molar-refractivity contribution >= 4 is 91.7 Å². The molecule has 0 atom stereocenters. The van der Waals surface area contributed by atoms with Crippen LogP contribution in [0.15, 0.2) is 274 Å². The second-order valence-corrected chi connectivity index (χ2v) is 33.7. The summed E-state index contributed by atoms with van der Waals surface area (Å²) in [4.78, 5) is 76.7. The molecule has 27 heteroatoms. The maximum Gasteiger partial charge on any atom is 0.162 e. The van der Waals surface area contributed by atoms with E-state index in [4.69, 9.17) is 34.9 Å². The number of rotatable bonds is 15. The van der Waals surface area contributed by atoms with E-state index in [2.05, 4.69) is 223 Å². The largest absolute Gasteiger partial charge is 0.491 e. The van der Waals surface area contributed by atoms with E-state index in [1.54, 1.807) is 12.5 Å². The Kier molecular flexibility index (Phi) is 34.9.